The van der Waals surface area contributed by atoms with Crippen molar-refractivity contribution < 1.29 is 4.79 Å². The number of urea groups is 1. The van der Waals surface area contributed by atoms with Crippen molar-refractivity contribution in [2.45, 2.75) is 20.4 Å². The van der Waals surface area contributed by atoms with Crippen molar-refractivity contribution in [1.82, 2.24) is 20.3 Å². The minimum Gasteiger partial charge on any atom is -0.354 e. The van der Waals surface area contributed by atoms with Gasteiger partial charge in [-0.2, -0.15) is 0 Å². The molecule has 0 saturated heterocycles. The van der Waals surface area contributed by atoms with Crippen LogP contribution in [0.15, 0.2) is 17.8 Å². The number of rotatable bonds is 4. The van der Waals surface area contributed by atoms with Crippen LogP contribution >= 0.6 is 11.3 Å². The fraction of sp³-hybridized carbons (Fsp3) is 0.312. The van der Waals surface area contributed by atoms with Crippen LogP contribution in [0.3, 0.4) is 0 Å². The molecule has 24 heavy (non-hydrogen) atoms. The van der Waals surface area contributed by atoms with E-state index in [-0.39, 0.29) is 6.03 Å². The molecule has 0 spiro atoms. The summed E-state index contributed by atoms with van der Waals surface area (Å²) in [5.74, 6) is 0. The van der Waals surface area contributed by atoms with Gasteiger partial charge < -0.3 is 20.5 Å². The number of aromatic nitrogens is 3. The van der Waals surface area contributed by atoms with Crippen LogP contribution in [0.5, 0.6) is 0 Å². The number of amides is 2. The third-order valence-corrected chi connectivity index (χ3v) is 4.94. The number of fused-ring (bicyclic) bond motifs is 1. The van der Waals surface area contributed by atoms with Crippen LogP contribution in [0.25, 0.3) is 11.0 Å². The SMILES string of the molecule is Cc1c(NC(=O)NCc2csc(N(C)C)n2)cc2[nH]cnc2c1C. The molecule has 7 nitrogen and oxygen atoms in total. The van der Waals surface area contributed by atoms with Crippen molar-refractivity contribution in [3.8, 4) is 0 Å². The van der Waals surface area contributed by atoms with Crippen molar-refractivity contribution in [2.24, 2.45) is 0 Å². The molecular weight excluding hydrogens is 324 g/mol. The quantitative estimate of drug-likeness (QED) is 0.679. The average molecular weight is 344 g/mol. The molecule has 0 atom stereocenters. The molecule has 0 aliphatic rings. The smallest absolute Gasteiger partial charge is 0.319 e. The first kappa shape index (κ1) is 16.3. The number of benzene rings is 1. The molecule has 3 rings (SSSR count). The van der Waals surface area contributed by atoms with E-state index < -0.39 is 0 Å². The molecule has 0 aliphatic heterocycles. The van der Waals surface area contributed by atoms with Gasteiger partial charge >= 0.3 is 6.03 Å². The van der Waals surface area contributed by atoms with Crippen LogP contribution in [-0.4, -0.2) is 35.1 Å². The van der Waals surface area contributed by atoms with Gasteiger partial charge in [-0.1, -0.05) is 0 Å². The Labute approximate surface area is 144 Å². The van der Waals surface area contributed by atoms with Gasteiger partial charge in [-0.05, 0) is 31.0 Å². The maximum absolute atomic E-state index is 12.2. The highest BCUT2D eigenvalue weighted by atomic mass is 32.1. The van der Waals surface area contributed by atoms with Crippen molar-refractivity contribution in [2.75, 3.05) is 24.3 Å². The molecule has 0 unspecified atom stereocenters. The lowest BCUT2D eigenvalue weighted by molar-refractivity contribution is 0.251. The number of thiazole rings is 1. The number of carbonyl (C=O) groups is 1. The fourth-order valence-electron chi connectivity index (χ4n) is 2.40. The summed E-state index contributed by atoms with van der Waals surface area (Å²) in [6.45, 7) is 4.36. The largest absolute Gasteiger partial charge is 0.354 e. The summed E-state index contributed by atoms with van der Waals surface area (Å²) in [4.78, 5) is 25.9. The highest BCUT2D eigenvalue weighted by Crippen LogP contribution is 2.26. The first-order valence-corrected chi connectivity index (χ1v) is 8.43. The molecule has 0 bridgehead atoms. The summed E-state index contributed by atoms with van der Waals surface area (Å²) in [6.07, 6.45) is 1.66. The van der Waals surface area contributed by atoms with E-state index in [0.29, 0.717) is 6.54 Å². The number of hydrogen-bond acceptors (Lipinski definition) is 5. The topological polar surface area (TPSA) is 85.9 Å². The number of imidazole rings is 1. The summed E-state index contributed by atoms with van der Waals surface area (Å²) >= 11 is 1.55. The molecule has 2 heterocycles. The first-order valence-electron chi connectivity index (χ1n) is 7.55. The van der Waals surface area contributed by atoms with Crippen LogP contribution in [0, 0.1) is 13.8 Å². The number of nitrogens with one attached hydrogen (secondary N) is 3. The molecule has 0 saturated carbocycles. The van der Waals surface area contributed by atoms with E-state index in [2.05, 4.69) is 25.6 Å². The Morgan fingerprint density at radius 1 is 1.33 bits per heavy atom. The number of nitrogens with zero attached hydrogens (tertiary/aromatic N) is 3. The van der Waals surface area contributed by atoms with Gasteiger partial charge in [-0.25, -0.2) is 14.8 Å². The summed E-state index contributed by atoms with van der Waals surface area (Å²) < 4.78 is 0. The Kier molecular flexibility index (Phi) is 4.39. The second-order valence-corrected chi connectivity index (χ2v) is 6.63. The van der Waals surface area contributed by atoms with Crippen LogP contribution in [-0.2, 0) is 6.54 Å². The molecule has 3 aromatic rings. The molecule has 1 aromatic carbocycles. The maximum Gasteiger partial charge on any atom is 0.319 e. The van der Waals surface area contributed by atoms with Crippen molar-refractivity contribution in [3.05, 3.63) is 34.6 Å². The molecule has 0 radical (unpaired) electrons. The van der Waals surface area contributed by atoms with Gasteiger partial charge in [0.1, 0.15) is 0 Å². The monoisotopic (exact) mass is 344 g/mol. The van der Waals surface area contributed by atoms with Gasteiger partial charge in [-0.3, -0.25) is 0 Å². The van der Waals surface area contributed by atoms with E-state index in [4.69, 9.17) is 0 Å². The van der Waals surface area contributed by atoms with Gasteiger partial charge in [0, 0.05) is 25.2 Å². The summed E-state index contributed by atoms with van der Waals surface area (Å²) in [5.41, 5.74) is 5.51. The molecule has 0 fully saturated rings. The predicted octanol–water partition coefficient (Wildman–Crippen LogP) is 3.02. The van der Waals surface area contributed by atoms with E-state index in [1.807, 2.05) is 44.3 Å². The fourth-order valence-corrected chi connectivity index (χ4v) is 3.15. The highest BCUT2D eigenvalue weighted by molar-refractivity contribution is 7.13. The van der Waals surface area contributed by atoms with E-state index in [1.54, 1.807) is 17.7 Å². The lowest BCUT2D eigenvalue weighted by Gasteiger charge is -2.12. The number of aromatic amines is 1. The number of aryl methyl sites for hydroxylation is 1. The van der Waals surface area contributed by atoms with Gasteiger partial charge in [-0.15, -0.1) is 11.3 Å². The molecule has 8 heteroatoms. The maximum atomic E-state index is 12.2. The van der Waals surface area contributed by atoms with Gasteiger partial charge in [0.05, 0.1) is 29.6 Å². The summed E-state index contributed by atoms with van der Waals surface area (Å²) in [5, 5.41) is 8.60. The number of carbonyl (C=O) groups excluding carboxylic acids is 1. The Bertz CT molecular complexity index is 882. The Hall–Kier alpha value is -2.61. The minimum absolute atomic E-state index is 0.254. The molecule has 126 valence electrons. The zero-order valence-corrected chi connectivity index (χ0v) is 14.9. The Morgan fingerprint density at radius 2 is 2.12 bits per heavy atom. The summed E-state index contributed by atoms with van der Waals surface area (Å²) in [6, 6.07) is 1.65. The van der Waals surface area contributed by atoms with E-state index in [1.165, 1.54) is 0 Å². The van der Waals surface area contributed by atoms with E-state index >= 15 is 0 Å². The van der Waals surface area contributed by atoms with Gasteiger partial charge in [0.15, 0.2) is 5.13 Å². The standard InChI is InChI=1S/C16H20N6OS/c1-9-10(2)14-13(18-8-19-14)5-12(9)21-15(23)17-6-11-7-24-16(20-11)22(3)4/h5,7-8H,6H2,1-4H3,(H,18,19)(H2,17,21,23). The van der Waals surface area contributed by atoms with Crippen LogP contribution in [0.2, 0.25) is 0 Å². The molecule has 2 amide bonds. The third-order valence-electron chi connectivity index (χ3n) is 3.88. The summed E-state index contributed by atoms with van der Waals surface area (Å²) in [7, 11) is 3.89. The Balaban J connectivity index is 1.67. The second kappa shape index (κ2) is 6.48. The van der Waals surface area contributed by atoms with Crippen molar-refractivity contribution >= 4 is 39.2 Å². The van der Waals surface area contributed by atoms with E-state index in [0.717, 1.165) is 38.7 Å². The highest BCUT2D eigenvalue weighted by Gasteiger charge is 2.11. The lowest BCUT2D eigenvalue weighted by Crippen LogP contribution is -2.28. The molecular formula is C16H20N6OS. The predicted molar refractivity (Wildman–Crippen MR) is 97.9 cm³/mol. The Morgan fingerprint density at radius 3 is 2.83 bits per heavy atom. The second-order valence-electron chi connectivity index (χ2n) is 5.80. The minimum atomic E-state index is -0.254. The zero-order chi connectivity index (χ0) is 17.3. The number of anilines is 2. The number of hydrogen-bond donors (Lipinski definition) is 3. The number of H-pyrrole nitrogens is 1. The van der Waals surface area contributed by atoms with Gasteiger partial charge in [0.25, 0.3) is 0 Å². The lowest BCUT2D eigenvalue weighted by atomic mass is 10.1. The van der Waals surface area contributed by atoms with Crippen molar-refractivity contribution in [3.63, 3.8) is 0 Å². The molecule has 2 aromatic heterocycles. The van der Waals surface area contributed by atoms with Gasteiger partial charge in [0.2, 0.25) is 0 Å². The molecule has 3 N–H and O–H groups in total. The third kappa shape index (κ3) is 3.18. The van der Waals surface area contributed by atoms with Crippen molar-refractivity contribution in [1.29, 1.82) is 0 Å². The average Bonchev–Trinajstić information content (AvgIpc) is 3.19. The normalized spacial score (nSPS) is 10.8. The van der Waals surface area contributed by atoms with Crippen LogP contribution in [0.4, 0.5) is 15.6 Å². The van der Waals surface area contributed by atoms with E-state index in [9.17, 15) is 4.79 Å². The first-order chi connectivity index (χ1) is 11.5. The molecule has 0 aliphatic carbocycles. The van der Waals surface area contributed by atoms with Crippen LogP contribution < -0.4 is 15.5 Å². The zero-order valence-electron chi connectivity index (χ0n) is 14.1. The van der Waals surface area contributed by atoms with Crippen LogP contribution in [0.1, 0.15) is 16.8 Å².